The van der Waals surface area contributed by atoms with E-state index in [4.69, 9.17) is 8.37 Å². The number of carbonyl (C=O) groups excluding carboxylic acids is 1. The van der Waals surface area contributed by atoms with E-state index in [-0.39, 0.29) is 30.1 Å². The van der Waals surface area contributed by atoms with Gasteiger partial charge in [0.25, 0.3) is 20.2 Å². The summed E-state index contributed by atoms with van der Waals surface area (Å²) in [5.41, 5.74) is 0.163. The molecule has 11 heteroatoms. The Labute approximate surface area is 182 Å². The average molecular weight is 471 g/mol. The summed E-state index contributed by atoms with van der Waals surface area (Å²) in [5, 5.41) is 0. The van der Waals surface area contributed by atoms with Crippen LogP contribution in [0, 0.1) is 5.92 Å². The Morgan fingerprint density at radius 2 is 1.40 bits per heavy atom. The largest absolute Gasteiger partial charge is 0.343 e. The summed E-state index contributed by atoms with van der Waals surface area (Å²) in [5.74, 6) is 0.327. The van der Waals surface area contributed by atoms with Crippen LogP contribution < -0.4 is 0 Å². The van der Waals surface area contributed by atoms with E-state index in [1.807, 2.05) is 0 Å². The number of hydrogen-bond donors (Lipinski definition) is 0. The molecule has 0 saturated carbocycles. The number of nitrogens with zero attached hydrogens (tertiary/aromatic N) is 2. The Balaban J connectivity index is 0.000000300. The zero-order valence-electron chi connectivity index (χ0n) is 19.1. The molecule has 0 aromatic heterocycles. The maximum Gasteiger partial charge on any atom is 0.264 e. The number of likely N-dealkylation sites (tertiary alicyclic amines) is 2. The average Bonchev–Trinajstić information content (AvgIpc) is 2.58. The second-order valence-electron chi connectivity index (χ2n) is 9.10. The lowest BCUT2D eigenvalue weighted by atomic mass is 9.98. The molecular formula is C19H38N2O7S2. The fourth-order valence-electron chi connectivity index (χ4n) is 3.50. The summed E-state index contributed by atoms with van der Waals surface area (Å²) in [6.45, 7) is 11.5. The molecule has 30 heavy (non-hydrogen) atoms. The molecule has 2 fully saturated rings. The van der Waals surface area contributed by atoms with Gasteiger partial charge in [-0.05, 0) is 52.4 Å². The van der Waals surface area contributed by atoms with Crippen molar-refractivity contribution in [3.8, 4) is 0 Å². The quantitative estimate of drug-likeness (QED) is 0.555. The third kappa shape index (κ3) is 11.6. The third-order valence-corrected chi connectivity index (χ3v) is 6.47. The van der Waals surface area contributed by atoms with Gasteiger partial charge >= 0.3 is 0 Å². The van der Waals surface area contributed by atoms with Crippen molar-refractivity contribution in [3.05, 3.63) is 0 Å². The van der Waals surface area contributed by atoms with E-state index in [1.54, 1.807) is 11.8 Å². The Morgan fingerprint density at radius 1 is 0.900 bits per heavy atom. The molecule has 0 radical (unpaired) electrons. The highest BCUT2D eigenvalue weighted by molar-refractivity contribution is 7.86. The summed E-state index contributed by atoms with van der Waals surface area (Å²) in [7, 11) is -6.63. The van der Waals surface area contributed by atoms with Crippen molar-refractivity contribution in [2.45, 2.75) is 65.0 Å². The van der Waals surface area contributed by atoms with Gasteiger partial charge < -0.3 is 4.90 Å². The Bertz CT molecular complexity index is 744. The lowest BCUT2D eigenvalue weighted by Gasteiger charge is -2.40. The summed E-state index contributed by atoms with van der Waals surface area (Å²) in [6, 6.07) is 0. The molecule has 0 aromatic carbocycles. The van der Waals surface area contributed by atoms with Crippen LogP contribution >= 0.6 is 0 Å². The lowest BCUT2D eigenvalue weighted by molar-refractivity contribution is -0.130. The van der Waals surface area contributed by atoms with Gasteiger partial charge in [-0.25, -0.2) is 0 Å². The van der Waals surface area contributed by atoms with Crippen molar-refractivity contribution in [3.63, 3.8) is 0 Å². The van der Waals surface area contributed by atoms with Crippen molar-refractivity contribution < 1.29 is 30.0 Å². The molecule has 0 unspecified atom stereocenters. The second kappa shape index (κ2) is 11.2. The van der Waals surface area contributed by atoms with Gasteiger partial charge in [0.2, 0.25) is 5.91 Å². The van der Waals surface area contributed by atoms with Gasteiger partial charge in [0, 0.05) is 38.6 Å². The lowest BCUT2D eigenvalue weighted by Crippen LogP contribution is -2.47. The normalized spacial score (nSPS) is 20.5. The standard InChI is InChI=1S/C10H21NO3S.C9H17NO4S/c1-10(2,3)11-7-5-9(6-8-11)14-15(4,12)13;1-8(11)10-5-3-9(4-6-10)7-14-15(2,12)13/h9H,5-8H2,1-4H3;9H,3-7H2,1-2H3. The first-order valence-electron chi connectivity index (χ1n) is 10.3. The van der Waals surface area contributed by atoms with E-state index >= 15 is 0 Å². The van der Waals surface area contributed by atoms with E-state index < -0.39 is 20.2 Å². The number of carbonyl (C=O) groups is 1. The minimum absolute atomic E-state index is 0.0810. The number of piperidine rings is 2. The maximum atomic E-state index is 11.0. The van der Waals surface area contributed by atoms with Gasteiger partial charge in [-0.15, -0.1) is 0 Å². The molecular weight excluding hydrogens is 432 g/mol. The topological polar surface area (TPSA) is 110 Å². The van der Waals surface area contributed by atoms with Crippen LogP contribution in [-0.4, -0.2) is 89.5 Å². The van der Waals surface area contributed by atoms with Crippen LogP contribution in [0.4, 0.5) is 0 Å². The molecule has 0 aromatic rings. The highest BCUT2D eigenvalue weighted by atomic mass is 32.2. The Hall–Kier alpha value is -0.750. The van der Waals surface area contributed by atoms with Crippen LogP contribution in [0.2, 0.25) is 0 Å². The molecule has 1 amide bonds. The first-order chi connectivity index (χ1) is 13.6. The summed E-state index contributed by atoms with van der Waals surface area (Å²) < 4.78 is 53.1. The van der Waals surface area contributed by atoms with Crippen LogP contribution in [-0.2, 0) is 33.4 Å². The summed E-state index contributed by atoms with van der Waals surface area (Å²) in [4.78, 5) is 15.2. The molecule has 2 saturated heterocycles. The molecule has 0 atom stereocenters. The molecule has 2 rings (SSSR count). The third-order valence-electron chi connectivity index (χ3n) is 5.28. The maximum absolute atomic E-state index is 11.0. The fraction of sp³-hybridized carbons (Fsp3) is 0.947. The Kier molecular flexibility index (Phi) is 10.2. The molecule has 178 valence electrons. The van der Waals surface area contributed by atoms with Crippen LogP contribution in [0.5, 0.6) is 0 Å². The van der Waals surface area contributed by atoms with Gasteiger partial charge in [-0.2, -0.15) is 16.8 Å². The fourth-order valence-corrected chi connectivity index (χ4v) is 4.63. The van der Waals surface area contributed by atoms with Gasteiger partial charge in [-0.1, -0.05) is 0 Å². The van der Waals surface area contributed by atoms with Crippen molar-refractivity contribution in [2.24, 2.45) is 5.92 Å². The molecule has 0 N–H and O–H groups in total. The number of hydrogen-bond acceptors (Lipinski definition) is 8. The van der Waals surface area contributed by atoms with Crippen molar-refractivity contribution in [1.29, 1.82) is 0 Å². The first-order valence-corrected chi connectivity index (χ1v) is 13.9. The van der Waals surface area contributed by atoms with Gasteiger partial charge in [0.1, 0.15) is 0 Å². The van der Waals surface area contributed by atoms with Gasteiger partial charge in [0.05, 0.1) is 25.2 Å². The van der Waals surface area contributed by atoms with Crippen LogP contribution in [0.15, 0.2) is 0 Å². The van der Waals surface area contributed by atoms with Crippen LogP contribution in [0.25, 0.3) is 0 Å². The van der Waals surface area contributed by atoms with E-state index in [0.717, 1.165) is 51.3 Å². The van der Waals surface area contributed by atoms with Gasteiger partial charge in [-0.3, -0.25) is 18.1 Å². The Morgan fingerprint density at radius 3 is 1.77 bits per heavy atom. The van der Waals surface area contributed by atoms with Crippen molar-refractivity contribution in [1.82, 2.24) is 9.80 Å². The van der Waals surface area contributed by atoms with Crippen LogP contribution in [0.3, 0.4) is 0 Å². The highest BCUT2D eigenvalue weighted by Gasteiger charge is 2.28. The van der Waals surface area contributed by atoms with E-state index in [0.29, 0.717) is 13.1 Å². The molecule has 2 aliphatic heterocycles. The van der Waals surface area contributed by atoms with Crippen molar-refractivity contribution >= 4 is 26.1 Å². The summed E-state index contributed by atoms with van der Waals surface area (Å²) >= 11 is 0. The molecule has 0 aliphatic carbocycles. The molecule has 2 heterocycles. The van der Waals surface area contributed by atoms with Crippen LogP contribution in [0.1, 0.15) is 53.4 Å². The van der Waals surface area contributed by atoms with Gasteiger partial charge in [0.15, 0.2) is 0 Å². The predicted octanol–water partition coefficient (Wildman–Crippen LogP) is 1.45. The zero-order chi connectivity index (χ0) is 23.2. The highest BCUT2D eigenvalue weighted by Crippen LogP contribution is 2.22. The minimum Gasteiger partial charge on any atom is -0.343 e. The van der Waals surface area contributed by atoms with E-state index in [9.17, 15) is 21.6 Å². The molecule has 0 bridgehead atoms. The smallest absolute Gasteiger partial charge is 0.264 e. The number of rotatable bonds is 5. The van der Waals surface area contributed by atoms with E-state index in [2.05, 4.69) is 25.7 Å². The first kappa shape index (κ1) is 27.3. The molecule has 2 aliphatic rings. The predicted molar refractivity (Wildman–Crippen MR) is 116 cm³/mol. The molecule has 0 spiro atoms. The monoisotopic (exact) mass is 470 g/mol. The second-order valence-corrected chi connectivity index (χ2v) is 12.3. The SMILES string of the molecule is CC(=O)N1CCC(COS(C)(=O)=O)CC1.CC(C)(C)N1CCC(OS(C)(=O)=O)CC1. The zero-order valence-corrected chi connectivity index (χ0v) is 20.7. The molecule has 9 nitrogen and oxygen atoms in total. The number of amides is 1. The van der Waals surface area contributed by atoms with Crippen molar-refractivity contribution in [2.75, 3.05) is 45.3 Å². The summed E-state index contributed by atoms with van der Waals surface area (Å²) in [6.07, 6.45) is 5.26. The minimum atomic E-state index is -3.33. The van der Waals surface area contributed by atoms with E-state index in [1.165, 1.54) is 0 Å².